The molecule has 2 aromatic heterocycles. The highest BCUT2D eigenvalue weighted by molar-refractivity contribution is 9.10. The minimum absolute atomic E-state index is 0.362. The van der Waals surface area contributed by atoms with E-state index >= 15 is 0 Å². The summed E-state index contributed by atoms with van der Waals surface area (Å²) in [7, 11) is 0. The molecule has 2 heterocycles. The summed E-state index contributed by atoms with van der Waals surface area (Å²) >= 11 is 4.65. The second kappa shape index (κ2) is 4.79. The zero-order valence-corrected chi connectivity index (χ0v) is 12.2. The van der Waals surface area contributed by atoms with Crippen molar-refractivity contribution in [3.8, 4) is 10.9 Å². The van der Waals surface area contributed by atoms with Gasteiger partial charge in [0, 0.05) is 22.9 Å². The van der Waals surface area contributed by atoms with Crippen molar-refractivity contribution < 1.29 is 9.15 Å². The molecule has 19 heavy (non-hydrogen) atoms. The zero-order chi connectivity index (χ0) is 13.4. The van der Waals surface area contributed by atoms with E-state index in [0.717, 1.165) is 15.6 Å². The molecule has 0 saturated heterocycles. The van der Waals surface area contributed by atoms with Crippen molar-refractivity contribution in [1.29, 1.82) is 0 Å². The topological polar surface area (TPSA) is 52.3 Å². The summed E-state index contributed by atoms with van der Waals surface area (Å²) in [5.41, 5.74) is 1.03. The normalized spacial score (nSPS) is 10.8. The first-order valence-corrected chi connectivity index (χ1v) is 7.12. The molecule has 96 valence electrons. The Kier molecular flexibility index (Phi) is 3.12. The van der Waals surface area contributed by atoms with Crippen molar-refractivity contribution in [1.82, 2.24) is 4.98 Å². The van der Waals surface area contributed by atoms with Crippen LogP contribution in [0.15, 0.2) is 43.5 Å². The monoisotopic (exact) mass is 337 g/mol. The van der Waals surface area contributed by atoms with Gasteiger partial charge in [0.1, 0.15) is 15.9 Å². The molecule has 0 atom stereocenters. The van der Waals surface area contributed by atoms with Crippen LogP contribution in [-0.2, 0) is 0 Å². The third kappa shape index (κ3) is 2.54. The van der Waals surface area contributed by atoms with Crippen molar-refractivity contribution in [2.75, 3.05) is 0 Å². The first kappa shape index (κ1) is 12.4. The smallest absolute Gasteiger partial charge is 0.336 e. The molecule has 0 spiro atoms. The lowest BCUT2D eigenvalue weighted by Gasteiger charge is -2.04. The molecular weight excluding hydrogens is 330 g/mol. The lowest BCUT2D eigenvalue weighted by molar-refractivity contribution is 0.476. The molecule has 0 amide bonds. The Hall–Kier alpha value is -1.66. The SMILES string of the molecule is Cc1cc(=O)oc2cc(Oc3nc(Br)cs3)ccc12. The van der Waals surface area contributed by atoms with Crippen LogP contribution in [0.25, 0.3) is 11.0 Å². The summed E-state index contributed by atoms with van der Waals surface area (Å²) in [6.07, 6.45) is 0. The highest BCUT2D eigenvalue weighted by Crippen LogP contribution is 2.29. The van der Waals surface area contributed by atoms with E-state index < -0.39 is 0 Å². The van der Waals surface area contributed by atoms with Gasteiger partial charge in [0.05, 0.1) is 0 Å². The van der Waals surface area contributed by atoms with Gasteiger partial charge in [0.2, 0.25) is 0 Å². The molecule has 1 aromatic carbocycles. The standard InChI is InChI=1S/C13H8BrNO3S/c1-7-4-12(16)18-10-5-8(2-3-9(7)10)17-13-15-11(14)6-19-13/h2-6H,1H3. The van der Waals surface area contributed by atoms with E-state index in [9.17, 15) is 4.79 Å². The molecule has 4 nitrogen and oxygen atoms in total. The minimum atomic E-state index is -0.362. The van der Waals surface area contributed by atoms with Gasteiger partial charge in [-0.3, -0.25) is 0 Å². The lowest BCUT2D eigenvalue weighted by Crippen LogP contribution is -1.97. The van der Waals surface area contributed by atoms with Gasteiger partial charge >= 0.3 is 5.63 Å². The van der Waals surface area contributed by atoms with E-state index in [1.807, 2.05) is 24.4 Å². The van der Waals surface area contributed by atoms with Crippen LogP contribution in [0, 0.1) is 6.92 Å². The van der Waals surface area contributed by atoms with Gasteiger partial charge in [-0.25, -0.2) is 4.79 Å². The van der Waals surface area contributed by atoms with Gasteiger partial charge in [-0.1, -0.05) is 11.3 Å². The van der Waals surface area contributed by atoms with Crippen LogP contribution in [0.3, 0.4) is 0 Å². The molecule has 0 aliphatic rings. The molecule has 3 aromatic rings. The molecule has 0 unspecified atom stereocenters. The Morgan fingerprint density at radius 3 is 2.95 bits per heavy atom. The van der Waals surface area contributed by atoms with Gasteiger partial charge in [-0.05, 0) is 40.5 Å². The fraction of sp³-hybridized carbons (Fsp3) is 0.0769. The molecule has 0 saturated carbocycles. The van der Waals surface area contributed by atoms with E-state index in [-0.39, 0.29) is 5.63 Å². The zero-order valence-electron chi connectivity index (χ0n) is 9.84. The molecular formula is C13H8BrNO3S. The highest BCUT2D eigenvalue weighted by atomic mass is 79.9. The Bertz CT molecular complexity index is 809. The summed E-state index contributed by atoms with van der Waals surface area (Å²) in [6.45, 7) is 1.87. The third-order valence-electron chi connectivity index (χ3n) is 2.58. The molecule has 0 aliphatic heterocycles. The Morgan fingerprint density at radius 2 is 2.21 bits per heavy atom. The average molecular weight is 338 g/mol. The minimum Gasteiger partial charge on any atom is -0.431 e. The summed E-state index contributed by atoms with van der Waals surface area (Å²) < 4.78 is 11.5. The fourth-order valence-corrected chi connectivity index (χ4v) is 2.86. The lowest BCUT2D eigenvalue weighted by atomic mass is 10.1. The van der Waals surface area contributed by atoms with Crippen molar-refractivity contribution in [2.24, 2.45) is 0 Å². The first-order chi connectivity index (χ1) is 9.11. The van der Waals surface area contributed by atoms with Crippen LogP contribution in [0.5, 0.6) is 10.9 Å². The second-order valence-corrected chi connectivity index (χ2v) is 5.58. The van der Waals surface area contributed by atoms with Crippen molar-refractivity contribution in [3.63, 3.8) is 0 Å². The van der Waals surface area contributed by atoms with Crippen LogP contribution in [0.2, 0.25) is 0 Å². The van der Waals surface area contributed by atoms with Gasteiger partial charge in [0.15, 0.2) is 0 Å². The van der Waals surface area contributed by atoms with Gasteiger partial charge in [-0.15, -0.1) is 0 Å². The third-order valence-corrected chi connectivity index (χ3v) is 4.01. The Balaban J connectivity index is 2.04. The predicted molar refractivity (Wildman–Crippen MR) is 77.1 cm³/mol. The summed E-state index contributed by atoms with van der Waals surface area (Å²) in [5, 5.41) is 3.26. The van der Waals surface area contributed by atoms with Gasteiger partial charge < -0.3 is 9.15 Å². The molecule has 3 rings (SSSR count). The number of aromatic nitrogens is 1. The van der Waals surface area contributed by atoms with Crippen LogP contribution < -0.4 is 10.4 Å². The molecule has 6 heteroatoms. The number of fused-ring (bicyclic) bond motifs is 1. The predicted octanol–water partition coefficient (Wildman–Crippen LogP) is 4.11. The highest BCUT2D eigenvalue weighted by Gasteiger charge is 2.06. The summed E-state index contributed by atoms with van der Waals surface area (Å²) in [6, 6.07) is 6.86. The number of aryl methyl sites for hydroxylation is 1. The maximum absolute atomic E-state index is 11.4. The molecule has 0 N–H and O–H groups in total. The van der Waals surface area contributed by atoms with Gasteiger partial charge in [0.25, 0.3) is 5.19 Å². The van der Waals surface area contributed by atoms with E-state index in [2.05, 4.69) is 20.9 Å². The second-order valence-electron chi connectivity index (χ2n) is 3.94. The van der Waals surface area contributed by atoms with E-state index in [1.165, 1.54) is 17.4 Å². The maximum atomic E-state index is 11.4. The number of nitrogens with zero attached hydrogens (tertiary/aromatic N) is 1. The van der Waals surface area contributed by atoms with Crippen molar-refractivity contribution in [3.05, 3.63) is 50.2 Å². The number of hydrogen-bond acceptors (Lipinski definition) is 5. The van der Waals surface area contributed by atoms with Crippen LogP contribution in [0.1, 0.15) is 5.56 Å². The number of halogens is 1. The van der Waals surface area contributed by atoms with Crippen molar-refractivity contribution in [2.45, 2.75) is 6.92 Å². The van der Waals surface area contributed by atoms with Crippen LogP contribution >= 0.6 is 27.3 Å². The van der Waals surface area contributed by atoms with E-state index in [1.54, 1.807) is 6.07 Å². The summed E-state index contributed by atoms with van der Waals surface area (Å²) in [5.74, 6) is 0.586. The summed E-state index contributed by atoms with van der Waals surface area (Å²) in [4.78, 5) is 15.5. The molecule has 0 radical (unpaired) electrons. The maximum Gasteiger partial charge on any atom is 0.336 e. The Morgan fingerprint density at radius 1 is 1.37 bits per heavy atom. The fourth-order valence-electron chi connectivity index (χ4n) is 1.76. The van der Waals surface area contributed by atoms with Crippen LogP contribution in [0.4, 0.5) is 0 Å². The number of benzene rings is 1. The molecule has 0 bridgehead atoms. The number of ether oxygens (including phenoxy) is 1. The number of thiazole rings is 1. The van der Waals surface area contributed by atoms with Crippen molar-refractivity contribution >= 4 is 38.2 Å². The largest absolute Gasteiger partial charge is 0.431 e. The van der Waals surface area contributed by atoms with E-state index in [4.69, 9.17) is 9.15 Å². The Labute approximate surface area is 120 Å². The first-order valence-electron chi connectivity index (χ1n) is 5.45. The number of hydrogen-bond donors (Lipinski definition) is 0. The van der Waals surface area contributed by atoms with Gasteiger partial charge in [-0.2, -0.15) is 4.98 Å². The average Bonchev–Trinajstić information content (AvgIpc) is 2.74. The number of rotatable bonds is 2. The molecule has 0 fully saturated rings. The molecule has 0 aliphatic carbocycles. The van der Waals surface area contributed by atoms with Crippen LogP contribution in [-0.4, -0.2) is 4.98 Å². The van der Waals surface area contributed by atoms with E-state index in [0.29, 0.717) is 16.5 Å². The quantitative estimate of drug-likeness (QED) is 0.660.